The lowest BCUT2D eigenvalue weighted by atomic mass is 9.80. The highest BCUT2D eigenvalue weighted by Gasteiger charge is 2.36. The molecule has 1 unspecified atom stereocenters. The van der Waals surface area contributed by atoms with Crippen LogP contribution in [0, 0.1) is 5.92 Å². The molecular formula is C23H22N2O. The number of imidazole rings is 1. The van der Waals surface area contributed by atoms with E-state index in [1.807, 2.05) is 26.0 Å². The van der Waals surface area contributed by atoms with E-state index >= 15 is 0 Å². The van der Waals surface area contributed by atoms with Gasteiger partial charge in [0.25, 0.3) is 0 Å². The Bertz CT molecular complexity index is 1020. The molecule has 0 spiro atoms. The summed E-state index contributed by atoms with van der Waals surface area (Å²) in [4.78, 5) is 7.16. The van der Waals surface area contributed by atoms with Crippen molar-refractivity contribution in [2.24, 2.45) is 5.92 Å². The van der Waals surface area contributed by atoms with Crippen molar-refractivity contribution in [2.45, 2.75) is 19.4 Å². The Labute approximate surface area is 153 Å². The molecule has 130 valence electrons. The minimum atomic E-state index is -1.09. The van der Waals surface area contributed by atoms with Crippen molar-refractivity contribution in [1.82, 2.24) is 9.97 Å². The summed E-state index contributed by atoms with van der Waals surface area (Å²) >= 11 is 0. The standard InChI is InChI=1S/C23H22N2O/c1-16(2)23(26,22-14-24-15-25-22)21-11-10-19-12-18(8-9-20(19)13-21)17-6-4-3-5-7-17/h3-16,26H,1-2H3,(H,24,25). The summed E-state index contributed by atoms with van der Waals surface area (Å²) in [6, 6.07) is 23.0. The maximum Gasteiger partial charge on any atom is 0.133 e. The molecule has 3 aromatic carbocycles. The second kappa shape index (κ2) is 6.43. The molecule has 0 aliphatic carbocycles. The first-order chi connectivity index (χ1) is 12.6. The average Bonchev–Trinajstić information content (AvgIpc) is 3.22. The number of aromatic nitrogens is 2. The first-order valence-electron chi connectivity index (χ1n) is 8.90. The van der Waals surface area contributed by atoms with Gasteiger partial charge in [-0.2, -0.15) is 0 Å². The fourth-order valence-electron chi connectivity index (χ4n) is 3.56. The van der Waals surface area contributed by atoms with Gasteiger partial charge in [0.2, 0.25) is 0 Å². The third-order valence-electron chi connectivity index (χ3n) is 5.13. The van der Waals surface area contributed by atoms with E-state index in [2.05, 4.69) is 64.6 Å². The number of fused-ring (bicyclic) bond motifs is 1. The van der Waals surface area contributed by atoms with Gasteiger partial charge in [-0.1, -0.05) is 68.4 Å². The van der Waals surface area contributed by atoms with E-state index < -0.39 is 5.60 Å². The highest BCUT2D eigenvalue weighted by molar-refractivity contribution is 5.88. The van der Waals surface area contributed by atoms with Crippen LogP contribution in [-0.2, 0) is 5.60 Å². The van der Waals surface area contributed by atoms with Crippen LogP contribution in [0.2, 0.25) is 0 Å². The Morgan fingerprint density at radius 2 is 1.62 bits per heavy atom. The molecule has 0 aliphatic rings. The van der Waals surface area contributed by atoms with Crippen molar-refractivity contribution < 1.29 is 5.11 Å². The summed E-state index contributed by atoms with van der Waals surface area (Å²) in [7, 11) is 0. The monoisotopic (exact) mass is 342 g/mol. The van der Waals surface area contributed by atoms with Crippen LogP contribution in [0.15, 0.2) is 79.3 Å². The van der Waals surface area contributed by atoms with Gasteiger partial charge in [-0.25, -0.2) is 4.98 Å². The van der Waals surface area contributed by atoms with Gasteiger partial charge in [0.1, 0.15) is 5.60 Å². The molecule has 0 amide bonds. The molecule has 0 bridgehead atoms. The minimum absolute atomic E-state index is 0.00370. The zero-order valence-corrected chi connectivity index (χ0v) is 15.0. The molecule has 0 aliphatic heterocycles. The van der Waals surface area contributed by atoms with Crippen LogP contribution in [0.1, 0.15) is 25.1 Å². The Balaban J connectivity index is 1.81. The molecule has 0 fully saturated rings. The van der Waals surface area contributed by atoms with Gasteiger partial charge in [-0.15, -0.1) is 0 Å². The van der Waals surface area contributed by atoms with Crippen molar-refractivity contribution in [2.75, 3.05) is 0 Å². The first kappa shape index (κ1) is 16.6. The SMILES string of the molecule is CC(C)C(O)(c1ccc2cc(-c3ccccc3)ccc2c1)c1cnc[nH]1. The number of H-pyrrole nitrogens is 1. The highest BCUT2D eigenvalue weighted by atomic mass is 16.3. The number of aliphatic hydroxyl groups is 1. The molecule has 3 heteroatoms. The van der Waals surface area contributed by atoms with Gasteiger partial charge in [-0.05, 0) is 45.5 Å². The summed E-state index contributed by atoms with van der Waals surface area (Å²) in [6.45, 7) is 4.03. The quantitative estimate of drug-likeness (QED) is 0.541. The molecule has 26 heavy (non-hydrogen) atoms. The Hall–Kier alpha value is -2.91. The molecule has 2 N–H and O–H groups in total. The summed E-state index contributed by atoms with van der Waals surface area (Å²) in [6.07, 6.45) is 3.30. The number of hydrogen-bond donors (Lipinski definition) is 2. The molecule has 0 radical (unpaired) electrons. The molecule has 4 rings (SSSR count). The third kappa shape index (κ3) is 2.71. The number of hydrogen-bond acceptors (Lipinski definition) is 2. The zero-order chi connectivity index (χ0) is 18.1. The molecule has 4 aromatic rings. The molecule has 3 nitrogen and oxygen atoms in total. The van der Waals surface area contributed by atoms with E-state index in [-0.39, 0.29) is 5.92 Å². The number of benzene rings is 3. The summed E-state index contributed by atoms with van der Waals surface area (Å²) in [5.74, 6) is 0.00370. The van der Waals surface area contributed by atoms with Crippen molar-refractivity contribution in [3.05, 3.63) is 90.5 Å². The van der Waals surface area contributed by atoms with E-state index in [0.717, 1.165) is 16.3 Å². The van der Waals surface area contributed by atoms with E-state index in [4.69, 9.17) is 0 Å². The fraction of sp³-hybridized carbons (Fsp3) is 0.174. The zero-order valence-electron chi connectivity index (χ0n) is 15.0. The van der Waals surface area contributed by atoms with Crippen LogP contribution >= 0.6 is 0 Å². The van der Waals surface area contributed by atoms with Crippen molar-refractivity contribution in [3.63, 3.8) is 0 Å². The smallest absolute Gasteiger partial charge is 0.133 e. The molecule has 1 heterocycles. The van der Waals surface area contributed by atoms with Crippen LogP contribution in [0.3, 0.4) is 0 Å². The first-order valence-corrected chi connectivity index (χ1v) is 8.90. The van der Waals surface area contributed by atoms with Crippen molar-refractivity contribution in [3.8, 4) is 11.1 Å². The Morgan fingerprint density at radius 1 is 0.885 bits per heavy atom. The number of nitrogens with one attached hydrogen (secondary N) is 1. The number of nitrogens with zero attached hydrogens (tertiary/aromatic N) is 1. The topological polar surface area (TPSA) is 48.9 Å². The summed E-state index contributed by atoms with van der Waals surface area (Å²) < 4.78 is 0. The number of aromatic amines is 1. The van der Waals surface area contributed by atoms with Crippen LogP contribution in [0.25, 0.3) is 21.9 Å². The third-order valence-corrected chi connectivity index (χ3v) is 5.13. The Kier molecular flexibility index (Phi) is 4.09. The Morgan fingerprint density at radius 3 is 2.31 bits per heavy atom. The molecule has 0 saturated heterocycles. The maximum atomic E-state index is 11.4. The van der Waals surface area contributed by atoms with Gasteiger partial charge >= 0.3 is 0 Å². The molecule has 1 atom stereocenters. The lowest BCUT2D eigenvalue weighted by Crippen LogP contribution is -2.33. The van der Waals surface area contributed by atoms with Gasteiger partial charge in [0, 0.05) is 0 Å². The van der Waals surface area contributed by atoms with Crippen LogP contribution in [0.4, 0.5) is 0 Å². The maximum absolute atomic E-state index is 11.4. The predicted molar refractivity (Wildman–Crippen MR) is 106 cm³/mol. The molecular weight excluding hydrogens is 320 g/mol. The van der Waals surface area contributed by atoms with Crippen molar-refractivity contribution >= 4 is 10.8 Å². The van der Waals surface area contributed by atoms with Gasteiger partial charge in [0.05, 0.1) is 18.2 Å². The summed E-state index contributed by atoms with van der Waals surface area (Å²) in [5.41, 5.74) is 2.89. The second-order valence-corrected chi connectivity index (χ2v) is 7.03. The fourth-order valence-corrected chi connectivity index (χ4v) is 3.56. The van der Waals surface area contributed by atoms with Gasteiger partial charge in [0.15, 0.2) is 0 Å². The normalized spacial score (nSPS) is 13.8. The largest absolute Gasteiger partial charge is 0.379 e. The highest BCUT2D eigenvalue weighted by Crippen LogP contribution is 2.37. The van der Waals surface area contributed by atoms with Gasteiger partial charge < -0.3 is 10.1 Å². The molecule has 1 aromatic heterocycles. The average molecular weight is 342 g/mol. The minimum Gasteiger partial charge on any atom is -0.379 e. The lowest BCUT2D eigenvalue weighted by Gasteiger charge is -2.32. The van der Waals surface area contributed by atoms with E-state index in [1.54, 1.807) is 12.5 Å². The summed E-state index contributed by atoms with van der Waals surface area (Å²) in [5, 5.41) is 13.7. The van der Waals surface area contributed by atoms with Crippen molar-refractivity contribution in [1.29, 1.82) is 0 Å². The van der Waals surface area contributed by atoms with E-state index in [9.17, 15) is 5.11 Å². The van der Waals surface area contributed by atoms with Crippen LogP contribution in [0.5, 0.6) is 0 Å². The second-order valence-electron chi connectivity index (χ2n) is 7.03. The van der Waals surface area contributed by atoms with E-state index in [1.165, 1.54) is 11.1 Å². The van der Waals surface area contributed by atoms with Crippen LogP contribution < -0.4 is 0 Å². The van der Waals surface area contributed by atoms with Gasteiger partial charge in [-0.3, -0.25) is 0 Å². The molecule has 0 saturated carbocycles. The van der Waals surface area contributed by atoms with Crippen LogP contribution in [-0.4, -0.2) is 15.1 Å². The number of rotatable bonds is 4. The van der Waals surface area contributed by atoms with E-state index in [0.29, 0.717) is 5.69 Å². The predicted octanol–water partition coefficient (Wildman–Crippen LogP) is 5.12. The lowest BCUT2D eigenvalue weighted by molar-refractivity contribution is 0.0281.